The molecular weight excluding hydrogens is 448 g/mol. The van der Waals surface area contributed by atoms with Crippen molar-refractivity contribution in [2.45, 2.75) is 139 Å². The Morgan fingerprint density at radius 1 is 0.643 bits per heavy atom. The van der Waals surface area contributed by atoms with Gasteiger partial charge in [0.1, 0.15) is 0 Å². The molecule has 0 saturated heterocycles. The van der Waals surface area contributed by atoms with Gasteiger partial charge in [-0.3, -0.25) is 0 Å². The average molecular weight is 492 g/mol. The Morgan fingerprint density at radius 3 is 1.25 bits per heavy atom. The van der Waals surface area contributed by atoms with E-state index in [2.05, 4.69) is 0 Å². The van der Waals surface area contributed by atoms with Crippen molar-refractivity contribution in [3.8, 4) is 0 Å². The Labute approximate surface area is 180 Å². The topological polar surface area (TPSA) is 58.9 Å². The molecule has 3 saturated carbocycles. The monoisotopic (exact) mass is 490 g/mol. The molecule has 0 aromatic rings. The molecule has 0 aromatic heterocycles. The summed E-state index contributed by atoms with van der Waals surface area (Å²) in [6, 6.07) is 0. The van der Waals surface area contributed by atoms with Crippen LogP contribution in [0.3, 0.4) is 0 Å². The van der Waals surface area contributed by atoms with Gasteiger partial charge in [0.2, 0.25) is 0 Å². The molecule has 0 heterocycles. The van der Waals surface area contributed by atoms with E-state index in [1.807, 2.05) is 20.8 Å². The zero-order valence-electron chi connectivity index (χ0n) is 18.5. The molecule has 0 unspecified atom stereocenters. The van der Waals surface area contributed by atoms with Gasteiger partial charge in [-0.2, -0.15) is 0 Å². The molecule has 0 radical (unpaired) electrons. The van der Waals surface area contributed by atoms with Gasteiger partial charge in [-0.05, 0) is 0 Å². The summed E-state index contributed by atoms with van der Waals surface area (Å²) in [7, 11) is -2.36. The Morgan fingerprint density at radius 2 is 0.964 bits per heavy atom. The van der Waals surface area contributed by atoms with Gasteiger partial charge in [-0.15, -0.1) is 0 Å². The van der Waals surface area contributed by atoms with Crippen LogP contribution in [0.4, 0.5) is 0 Å². The molecule has 4 nitrogen and oxygen atoms in total. The normalized spacial score (nSPS) is 25.2. The maximum absolute atomic E-state index is 11.1. The Kier molecular flexibility index (Phi) is 8.46. The van der Waals surface area contributed by atoms with Gasteiger partial charge in [-0.25, -0.2) is 0 Å². The average Bonchev–Trinajstić information content (AvgIpc) is 2.66. The molecule has 3 fully saturated rings. The molecule has 3 aliphatic rings. The second-order valence-corrected chi connectivity index (χ2v) is 19.8. The van der Waals surface area contributed by atoms with E-state index in [0.717, 1.165) is 0 Å². The van der Waals surface area contributed by atoms with Crippen molar-refractivity contribution >= 4 is 8.32 Å². The summed E-state index contributed by atoms with van der Waals surface area (Å²) >= 11 is -5.04. The number of hydrogen-bond acceptors (Lipinski definition) is 4. The van der Waals surface area contributed by atoms with E-state index in [-0.39, 0.29) is 0 Å². The summed E-state index contributed by atoms with van der Waals surface area (Å²) in [5.41, 5.74) is 1.25. The summed E-state index contributed by atoms with van der Waals surface area (Å²) < 4.78 is 35.0. The van der Waals surface area contributed by atoms with E-state index in [9.17, 15) is 6.37 Å². The quantitative estimate of drug-likeness (QED) is 0.413. The summed E-state index contributed by atoms with van der Waals surface area (Å²) in [5, 5.41) is 0. The first-order valence-corrected chi connectivity index (χ1v) is 18.4. The van der Waals surface area contributed by atoms with E-state index >= 15 is 0 Å². The first kappa shape index (κ1) is 23.6. The predicted molar refractivity (Wildman–Crippen MR) is 113 cm³/mol. The molecule has 0 aromatic carbocycles. The van der Waals surface area contributed by atoms with Crippen molar-refractivity contribution in [2.24, 2.45) is 0 Å². The Balaban J connectivity index is 1.97. The van der Waals surface area contributed by atoms with Gasteiger partial charge in [0.15, 0.2) is 0 Å². The number of rotatable bonds is 6. The fraction of sp³-hybridized carbons (Fsp3) is 1.00. The summed E-state index contributed by atoms with van der Waals surface area (Å²) in [6.45, 7) is 5.75. The molecule has 0 bridgehead atoms. The van der Waals surface area contributed by atoms with Crippen molar-refractivity contribution in [1.29, 1.82) is 0 Å². The summed E-state index contributed by atoms with van der Waals surface area (Å²) in [4.78, 5) is 0. The van der Waals surface area contributed by atoms with Crippen LogP contribution in [0.25, 0.3) is 0 Å². The Bertz CT molecular complexity index is 430. The predicted octanol–water partition coefficient (Wildman–Crippen LogP) is 6.57. The van der Waals surface area contributed by atoms with Crippen molar-refractivity contribution in [1.82, 2.24) is 0 Å². The molecular formula is C22H44O4SiZr. The Hall–Kier alpha value is 0.940. The zero-order valence-corrected chi connectivity index (χ0v) is 22.0. The molecule has 3 aliphatic carbocycles. The third-order valence-electron chi connectivity index (χ3n) is 7.48. The molecule has 0 aliphatic heterocycles. The van der Waals surface area contributed by atoms with Crippen LogP contribution in [0.15, 0.2) is 0 Å². The molecule has 164 valence electrons. The van der Waals surface area contributed by atoms with E-state index in [1.54, 1.807) is 0 Å². The molecule has 0 atom stereocenters. The fourth-order valence-corrected chi connectivity index (χ4v) is 22.8. The van der Waals surface area contributed by atoms with Crippen LogP contribution in [0, 0.1) is 0 Å². The summed E-state index contributed by atoms with van der Waals surface area (Å²) in [6.07, 6.45) is 19.2. The zero-order chi connectivity index (χ0) is 20.3. The standard InChI is InChI=1S/C18H33OSi.C4H9O.2H2O.Zr/c19-20(16-10-4-1-5-11-16,17-12-6-2-7-13-17)18-14-8-3-9-15-18;1-4(2,3)5;;;/h16-18H,1-15H2;1-3H3;2*1H2;/q2*-1;;;+4/p-2. The third-order valence-corrected chi connectivity index (χ3v) is 20.4. The van der Waals surface area contributed by atoms with Crippen molar-refractivity contribution in [3.05, 3.63) is 0 Å². The van der Waals surface area contributed by atoms with E-state index in [1.165, 1.54) is 96.3 Å². The molecule has 28 heavy (non-hydrogen) atoms. The van der Waals surface area contributed by atoms with Crippen molar-refractivity contribution in [3.63, 3.8) is 0 Å². The number of hydrogen-bond donors (Lipinski definition) is 2. The summed E-state index contributed by atoms with van der Waals surface area (Å²) in [5.74, 6) is 0. The first-order chi connectivity index (χ1) is 13.2. The fourth-order valence-electron chi connectivity index (χ4n) is 6.56. The van der Waals surface area contributed by atoms with Crippen molar-refractivity contribution in [2.75, 3.05) is 0 Å². The van der Waals surface area contributed by atoms with E-state index in [4.69, 9.17) is 5.32 Å². The van der Waals surface area contributed by atoms with Crippen LogP contribution < -0.4 is 0 Å². The van der Waals surface area contributed by atoms with Crippen LogP contribution in [0.5, 0.6) is 0 Å². The van der Waals surface area contributed by atoms with Crippen LogP contribution in [-0.4, -0.2) is 20.3 Å². The van der Waals surface area contributed by atoms with Gasteiger partial charge in [0.25, 0.3) is 0 Å². The van der Waals surface area contributed by atoms with Gasteiger partial charge >= 0.3 is 181 Å². The van der Waals surface area contributed by atoms with Crippen molar-refractivity contribution < 1.29 is 33.7 Å². The third kappa shape index (κ3) is 6.01. The van der Waals surface area contributed by atoms with E-state index in [0.29, 0.717) is 16.6 Å². The van der Waals surface area contributed by atoms with Gasteiger partial charge < -0.3 is 0 Å². The molecule has 2 N–H and O–H groups in total. The SMILES string of the molecule is CC(C)(C)[O][Zr]([OH])([OH])[O][Si](C1CCCCC1)(C1CCCCC1)C1CCCCC1. The van der Waals surface area contributed by atoms with Gasteiger partial charge in [-0.1, -0.05) is 0 Å². The molecule has 0 amide bonds. The minimum absolute atomic E-state index is 0.564. The second-order valence-electron chi connectivity index (χ2n) is 10.7. The second kappa shape index (κ2) is 10.0. The minimum atomic E-state index is -5.04. The van der Waals surface area contributed by atoms with E-state index < -0.39 is 35.9 Å². The van der Waals surface area contributed by atoms with Crippen LogP contribution in [0.2, 0.25) is 16.6 Å². The van der Waals surface area contributed by atoms with Gasteiger partial charge in [0, 0.05) is 0 Å². The van der Waals surface area contributed by atoms with Gasteiger partial charge in [0.05, 0.1) is 0 Å². The van der Waals surface area contributed by atoms with Crippen LogP contribution >= 0.6 is 0 Å². The molecule has 6 heteroatoms. The maximum atomic E-state index is 11.1. The molecule has 3 rings (SSSR count). The molecule has 0 spiro atoms. The first-order valence-electron chi connectivity index (χ1n) is 12.1. The van der Waals surface area contributed by atoms with Crippen LogP contribution in [-0.2, 0) is 27.3 Å². The van der Waals surface area contributed by atoms with Crippen LogP contribution in [0.1, 0.15) is 117 Å².